The van der Waals surface area contributed by atoms with E-state index in [1.807, 2.05) is 0 Å². The van der Waals surface area contributed by atoms with Gasteiger partial charge in [-0.2, -0.15) is 0 Å². The van der Waals surface area contributed by atoms with E-state index < -0.39 is 0 Å². The molecule has 0 saturated heterocycles. The van der Waals surface area contributed by atoms with Gasteiger partial charge in [0.1, 0.15) is 0 Å². The van der Waals surface area contributed by atoms with Crippen molar-refractivity contribution < 1.29 is 31.3 Å². The molecule has 152 valence electrons. The number of nitrogens with two attached hydrogens (primary N) is 1. The van der Waals surface area contributed by atoms with Crippen LogP contribution < -0.4 is 11.1 Å². The van der Waals surface area contributed by atoms with Crippen molar-refractivity contribution in [2.24, 2.45) is 11.7 Å². The molecule has 2 fully saturated rings. The standard InChI is InChI=1S/C12H24N2O3.C5H10.2CH3.Fe/c13-5-7-16-9-10-17-8-6-14-12(15)11-3-1-2-4-11;1-2-4-5-3-1;;;/h11H,1-10,13H2,(H,14,15);1-5H2;2*1H3;/q;;2*-1;+2. The van der Waals surface area contributed by atoms with Crippen LogP contribution in [0.25, 0.3) is 0 Å². The second-order valence-electron chi connectivity index (χ2n) is 6.05. The summed E-state index contributed by atoms with van der Waals surface area (Å²) in [6.07, 6.45) is 12.0. The Bertz CT molecular complexity index is 264. The van der Waals surface area contributed by atoms with Crippen LogP contribution >= 0.6 is 0 Å². The van der Waals surface area contributed by atoms with Crippen molar-refractivity contribution in [1.29, 1.82) is 0 Å². The van der Waals surface area contributed by atoms with Crippen molar-refractivity contribution >= 4 is 5.91 Å². The van der Waals surface area contributed by atoms with E-state index in [0.29, 0.717) is 39.5 Å². The van der Waals surface area contributed by atoms with Crippen LogP contribution in [0.15, 0.2) is 0 Å². The van der Waals surface area contributed by atoms with E-state index in [0.717, 1.165) is 12.8 Å². The van der Waals surface area contributed by atoms with E-state index in [1.165, 1.54) is 44.9 Å². The molecule has 0 aromatic carbocycles. The summed E-state index contributed by atoms with van der Waals surface area (Å²) in [5.74, 6) is 0.424. The molecule has 0 radical (unpaired) electrons. The smallest absolute Gasteiger partial charge is 0.378 e. The SMILES string of the molecule is C1CCCC1.NCCOCCOCCNC(=O)C1CCCC1.[CH3-].[CH3-].[Fe+2]. The van der Waals surface area contributed by atoms with Crippen LogP contribution in [0.1, 0.15) is 57.8 Å². The van der Waals surface area contributed by atoms with Gasteiger partial charge in [-0.3, -0.25) is 4.79 Å². The molecule has 2 aliphatic rings. The van der Waals surface area contributed by atoms with Crippen LogP contribution in [0.5, 0.6) is 0 Å². The van der Waals surface area contributed by atoms with Gasteiger partial charge in [-0.1, -0.05) is 44.9 Å². The Hall–Kier alpha value is -0.131. The molecule has 0 aromatic rings. The van der Waals surface area contributed by atoms with E-state index in [-0.39, 0.29) is 43.7 Å². The first-order chi connectivity index (χ1) is 10.8. The molecular formula is C19H40FeN2O3. The molecule has 3 N–H and O–H groups in total. The zero-order chi connectivity index (χ0) is 15.9. The normalized spacial score (nSPS) is 15.9. The largest absolute Gasteiger partial charge is 2.00 e. The predicted molar refractivity (Wildman–Crippen MR) is 102 cm³/mol. The second kappa shape index (κ2) is 21.9. The Balaban J connectivity index is -0.000000522. The van der Waals surface area contributed by atoms with Crippen molar-refractivity contribution in [2.75, 3.05) is 39.5 Å². The molecule has 0 aliphatic heterocycles. The minimum Gasteiger partial charge on any atom is -0.378 e. The Morgan fingerprint density at radius 1 is 0.840 bits per heavy atom. The summed E-state index contributed by atoms with van der Waals surface area (Å²) in [7, 11) is 0. The van der Waals surface area contributed by atoms with Gasteiger partial charge in [-0.25, -0.2) is 0 Å². The minimum absolute atomic E-state index is 0. The van der Waals surface area contributed by atoms with Crippen LogP contribution in [0.4, 0.5) is 0 Å². The van der Waals surface area contributed by atoms with Gasteiger partial charge in [0.2, 0.25) is 5.91 Å². The molecule has 0 atom stereocenters. The molecular weight excluding hydrogens is 360 g/mol. The number of carbonyl (C=O) groups excluding carboxylic acids is 1. The maximum absolute atomic E-state index is 11.6. The Labute approximate surface area is 166 Å². The third kappa shape index (κ3) is 17.1. The zero-order valence-electron chi connectivity index (χ0n) is 16.3. The van der Waals surface area contributed by atoms with E-state index >= 15 is 0 Å². The summed E-state index contributed by atoms with van der Waals surface area (Å²) < 4.78 is 10.5. The molecule has 2 rings (SSSR count). The summed E-state index contributed by atoms with van der Waals surface area (Å²) in [4.78, 5) is 11.6. The van der Waals surface area contributed by atoms with Crippen molar-refractivity contribution in [1.82, 2.24) is 5.32 Å². The maximum atomic E-state index is 11.6. The number of hydrogen-bond acceptors (Lipinski definition) is 4. The molecule has 0 heterocycles. The Morgan fingerprint density at radius 2 is 1.32 bits per heavy atom. The van der Waals surface area contributed by atoms with E-state index in [4.69, 9.17) is 15.2 Å². The van der Waals surface area contributed by atoms with Gasteiger partial charge in [0.05, 0.1) is 26.4 Å². The monoisotopic (exact) mass is 400 g/mol. The molecule has 0 bridgehead atoms. The molecule has 25 heavy (non-hydrogen) atoms. The van der Waals surface area contributed by atoms with Gasteiger partial charge in [-0.05, 0) is 12.8 Å². The van der Waals surface area contributed by atoms with Gasteiger partial charge >= 0.3 is 17.1 Å². The number of rotatable bonds is 9. The molecule has 6 heteroatoms. The molecule has 5 nitrogen and oxygen atoms in total. The number of nitrogens with one attached hydrogen (secondary N) is 1. The minimum atomic E-state index is 0. The molecule has 2 saturated carbocycles. The Morgan fingerprint density at radius 3 is 1.80 bits per heavy atom. The van der Waals surface area contributed by atoms with Crippen LogP contribution in [-0.4, -0.2) is 45.4 Å². The summed E-state index contributed by atoms with van der Waals surface area (Å²) in [6, 6.07) is 0. The topological polar surface area (TPSA) is 73.6 Å². The maximum Gasteiger partial charge on any atom is 2.00 e. The summed E-state index contributed by atoms with van der Waals surface area (Å²) in [5, 5.41) is 2.90. The molecule has 0 unspecified atom stereocenters. The van der Waals surface area contributed by atoms with Crippen LogP contribution in [-0.2, 0) is 31.3 Å². The molecule has 0 spiro atoms. The van der Waals surface area contributed by atoms with Crippen molar-refractivity contribution in [3.8, 4) is 0 Å². The van der Waals surface area contributed by atoms with Crippen molar-refractivity contribution in [3.63, 3.8) is 0 Å². The fraction of sp³-hybridized carbons (Fsp3) is 0.842. The van der Waals surface area contributed by atoms with Crippen LogP contribution in [0.3, 0.4) is 0 Å². The van der Waals surface area contributed by atoms with E-state index in [9.17, 15) is 4.79 Å². The van der Waals surface area contributed by atoms with Gasteiger partial charge in [0, 0.05) is 19.0 Å². The van der Waals surface area contributed by atoms with Crippen molar-refractivity contribution in [3.05, 3.63) is 14.9 Å². The number of carbonyl (C=O) groups is 1. The fourth-order valence-corrected chi connectivity index (χ4v) is 2.87. The first-order valence-electron chi connectivity index (χ1n) is 8.98. The van der Waals surface area contributed by atoms with Gasteiger partial charge in [-0.15, -0.1) is 0 Å². The van der Waals surface area contributed by atoms with Gasteiger partial charge in [0.25, 0.3) is 0 Å². The Kier molecular flexibility index (Phi) is 26.0. The van der Waals surface area contributed by atoms with E-state index in [2.05, 4.69) is 5.32 Å². The van der Waals surface area contributed by atoms with Gasteiger partial charge in [0.15, 0.2) is 0 Å². The quantitative estimate of drug-likeness (QED) is 0.354. The third-order valence-electron chi connectivity index (χ3n) is 4.16. The molecule has 2 aliphatic carbocycles. The second-order valence-corrected chi connectivity index (χ2v) is 6.05. The number of ether oxygens (including phenoxy) is 2. The van der Waals surface area contributed by atoms with Crippen LogP contribution in [0.2, 0.25) is 0 Å². The molecule has 0 aromatic heterocycles. The van der Waals surface area contributed by atoms with E-state index in [1.54, 1.807) is 0 Å². The third-order valence-corrected chi connectivity index (χ3v) is 4.16. The summed E-state index contributed by atoms with van der Waals surface area (Å²) >= 11 is 0. The fourth-order valence-electron chi connectivity index (χ4n) is 2.87. The first-order valence-corrected chi connectivity index (χ1v) is 8.98. The van der Waals surface area contributed by atoms with Crippen LogP contribution in [0, 0.1) is 20.8 Å². The summed E-state index contributed by atoms with van der Waals surface area (Å²) in [5.41, 5.74) is 5.27. The summed E-state index contributed by atoms with van der Waals surface area (Å²) in [6.45, 7) is 3.36. The number of hydrogen-bond donors (Lipinski definition) is 2. The van der Waals surface area contributed by atoms with Crippen molar-refractivity contribution in [2.45, 2.75) is 57.8 Å². The average molecular weight is 400 g/mol. The predicted octanol–water partition coefficient (Wildman–Crippen LogP) is 3.13. The number of amides is 1. The first kappa shape index (κ1) is 29.6. The zero-order valence-corrected chi connectivity index (χ0v) is 17.4. The average Bonchev–Trinajstić information content (AvgIpc) is 3.25. The van der Waals surface area contributed by atoms with Gasteiger partial charge < -0.3 is 35.4 Å². The molecule has 1 amide bonds.